The van der Waals surface area contributed by atoms with Crippen LogP contribution in [0.3, 0.4) is 0 Å². The molecule has 1 heterocycles. The van der Waals surface area contributed by atoms with Gasteiger partial charge in [-0.15, -0.1) is 0 Å². The van der Waals surface area contributed by atoms with Crippen LogP contribution in [0, 0.1) is 0 Å². The van der Waals surface area contributed by atoms with E-state index in [9.17, 15) is 4.79 Å². The van der Waals surface area contributed by atoms with Crippen molar-refractivity contribution in [2.45, 2.75) is 13.0 Å². The Bertz CT molecular complexity index is 374. The lowest BCUT2D eigenvalue weighted by Gasteiger charge is -2.09. The van der Waals surface area contributed by atoms with Crippen LogP contribution in [-0.2, 0) is 4.74 Å². The Kier molecular flexibility index (Phi) is 2.99. The number of benzene rings is 1. The van der Waals surface area contributed by atoms with E-state index in [1.807, 2.05) is 31.2 Å². The van der Waals surface area contributed by atoms with Crippen molar-refractivity contribution in [1.82, 2.24) is 4.90 Å². The van der Waals surface area contributed by atoms with Gasteiger partial charge in [0.05, 0.1) is 13.2 Å². The highest BCUT2D eigenvalue weighted by molar-refractivity contribution is 5.69. The average Bonchev–Trinajstić information content (AvgIpc) is 2.61. The Morgan fingerprint density at radius 3 is 2.62 bits per heavy atom. The molecule has 0 spiro atoms. The molecular weight excluding hydrogens is 206 g/mol. The van der Waals surface area contributed by atoms with E-state index in [1.165, 1.54) is 0 Å². The molecule has 1 unspecified atom stereocenters. The number of amides is 1. The molecule has 1 aromatic carbocycles. The molecule has 0 bridgehead atoms. The molecule has 0 aromatic heterocycles. The standard InChI is InChI=1S/C12H15NO3/c1-3-15-10-6-4-9(5-7-10)11-8-13(2)12(14)16-11/h4-7,11H,3,8H2,1-2H3. The van der Waals surface area contributed by atoms with Crippen molar-refractivity contribution in [3.63, 3.8) is 0 Å². The van der Waals surface area contributed by atoms with Gasteiger partial charge in [0.2, 0.25) is 0 Å². The number of carbonyl (C=O) groups excluding carboxylic acids is 1. The smallest absolute Gasteiger partial charge is 0.410 e. The van der Waals surface area contributed by atoms with Gasteiger partial charge in [-0.25, -0.2) is 4.79 Å². The summed E-state index contributed by atoms with van der Waals surface area (Å²) in [5, 5.41) is 0. The topological polar surface area (TPSA) is 38.8 Å². The molecule has 1 aliphatic heterocycles. The Morgan fingerprint density at radius 2 is 2.12 bits per heavy atom. The molecule has 1 saturated heterocycles. The third kappa shape index (κ3) is 2.10. The Labute approximate surface area is 94.8 Å². The maximum absolute atomic E-state index is 11.2. The summed E-state index contributed by atoms with van der Waals surface area (Å²) in [6, 6.07) is 7.65. The van der Waals surface area contributed by atoms with Gasteiger partial charge in [-0.05, 0) is 24.6 Å². The van der Waals surface area contributed by atoms with E-state index in [0.29, 0.717) is 13.2 Å². The van der Waals surface area contributed by atoms with Gasteiger partial charge in [0, 0.05) is 7.05 Å². The van der Waals surface area contributed by atoms with Gasteiger partial charge in [-0.2, -0.15) is 0 Å². The molecule has 0 N–H and O–H groups in total. The Hall–Kier alpha value is -1.71. The summed E-state index contributed by atoms with van der Waals surface area (Å²) >= 11 is 0. The maximum Gasteiger partial charge on any atom is 0.410 e. The number of carbonyl (C=O) groups is 1. The molecule has 2 rings (SSSR count). The van der Waals surface area contributed by atoms with Crippen molar-refractivity contribution < 1.29 is 14.3 Å². The van der Waals surface area contributed by atoms with E-state index in [0.717, 1.165) is 11.3 Å². The first-order valence-electron chi connectivity index (χ1n) is 5.35. The first-order valence-corrected chi connectivity index (χ1v) is 5.35. The summed E-state index contributed by atoms with van der Waals surface area (Å²) in [5.74, 6) is 0.837. The Balaban J connectivity index is 2.08. The van der Waals surface area contributed by atoms with E-state index in [2.05, 4.69) is 0 Å². The van der Waals surface area contributed by atoms with Crippen molar-refractivity contribution in [3.8, 4) is 5.75 Å². The van der Waals surface area contributed by atoms with Crippen LogP contribution >= 0.6 is 0 Å². The van der Waals surface area contributed by atoms with Gasteiger partial charge in [0.25, 0.3) is 0 Å². The van der Waals surface area contributed by atoms with Crippen LogP contribution < -0.4 is 4.74 Å². The molecule has 4 heteroatoms. The number of hydrogen-bond acceptors (Lipinski definition) is 3. The highest BCUT2D eigenvalue weighted by Crippen LogP contribution is 2.26. The molecule has 0 saturated carbocycles. The molecule has 1 aliphatic rings. The first kappa shape index (κ1) is 10.8. The molecule has 4 nitrogen and oxygen atoms in total. The summed E-state index contributed by atoms with van der Waals surface area (Å²) < 4.78 is 10.6. The second kappa shape index (κ2) is 4.43. The lowest BCUT2D eigenvalue weighted by atomic mass is 10.1. The van der Waals surface area contributed by atoms with Gasteiger partial charge in [0.1, 0.15) is 11.9 Å². The van der Waals surface area contributed by atoms with Crippen LogP contribution in [0.5, 0.6) is 5.75 Å². The van der Waals surface area contributed by atoms with Crippen LogP contribution in [-0.4, -0.2) is 31.2 Å². The predicted octanol–water partition coefficient (Wildman–Crippen LogP) is 2.21. The van der Waals surface area contributed by atoms with Crippen LogP contribution in [0.15, 0.2) is 24.3 Å². The molecule has 0 radical (unpaired) electrons. The predicted molar refractivity (Wildman–Crippen MR) is 59.5 cm³/mol. The van der Waals surface area contributed by atoms with E-state index in [4.69, 9.17) is 9.47 Å². The summed E-state index contributed by atoms with van der Waals surface area (Å²) in [5.41, 5.74) is 1.00. The summed E-state index contributed by atoms with van der Waals surface area (Å²) in [6.45, 7) is 3.20. The largest absolute Gasteiger partial charge is 0.494 e. The second-order valence-electron chi connectivity index (χ2n) is 3.75. The number of nitrogens with zero attached hydrogens (tertiary/aromatic N) is 1. The van der Waals surface area contributed by atoms with Crippen molar-refractivity contribution in [2.24, 2.45) is 0 Å². The van der Waals surface area contributed by atoms with Gasteiger partial charge in [0.15, 0.2) is 0 Å². The summed E-state index contributed by atoms with van der Waals surface area (Å²) in [4.78, 5) is 12.8. The fourth-order valence-corrected chi connectivity index (χ4v) is 1.69. The van der Waals surface area contributed by atoms with Crippen molar-refractivity contribution in [1.29, 1.82) is 0 Å². The van der Waals surface area contributed by atoms with Crippen LogP contribution in [0.1, 0.15) is 18.6 Å². The fourth-order valence-electron chi connectivity index (χ4n) is 1.69. The zero-order valence-corrected chi connectivity index (χ0v) is 9.47. The zero-order valence-electron chi connectivity index (χ0n) is 9.47. The molecular formula is C12H15NO3. The number of rotatable bonds is 3. The van der Waals surface area contributed by atoms with Crippen molar-refractivity contribution >= 4 is 6.09 Å². The van der Waals surface area contributed by atoms with E-state index < -0.39 is 0 Å². The first-order chi connectivity index (χ1) is 7.70. The minimum absolute atomic E-state index is 0.159. The lowest BCUT2D eigenvalue weighted by molar-refractivity contribution is 0.135. The van der Waals surface area contributed by atoms with Crippen LogP contribution in [0.25, 0.3) is 0 Å². The van der Waals surface area contributed by atoms with E-state index in [1.54, 1.807) is 11.9 Å². The third-order valence-electron chi connectivity index (χ3n) is 2.56. The zero-order chi connectivity index (χ0) is 11.5. The number of ether oxygens (including phenoxy) is 2. The molecule has 86 valence electrons. The number of cyclic esters (lactones) is 1. The van der Waals surface area contributed by atoms with E-state index >= 15 is 0 Å². The van der Waals surface area contributed by atoms with Gasteiger partial charge >= 0.3 is 6.09 Å². The number of hydrogen-bond donors (Lipinski definition) is 0. The highest BCUT2D eigenvalue weighted by atomic mass is 16.6. The van der Waals surface area contributed by atoms with Crippen molar-refractivity contribution in [3.05, 3.63) is 29.8 Å². The summed E-state index contributed by atoms with van der Waals surface area (Å²) in [7, 11) is 1.73. The lowest BCUT2D eigenvalue weighted by Crippen LogP contribution is -2.17. The number of likely N-dealkylation sites (N-methyl/N-ethyl adjacent to an activating group) is 1. The van der Waals surface area contributed by atoms with E-state index in [-0.39, 0.29) is 12.2 Å². The van der Waals surface area contributed by atoms with Gasteiger partial charge in [-0.3, -0.25) is 0 Å². The molecule has 0 aliphatic carbocycles. The second-order valence-corrected chi connectivity index (χ2v) is 3.75. The normalized spacial score (nSPS) is 19.8. The van der Waals surface area contributed by atoms with Crippen LogP contribution in [0.2, 0.25) is 0 Å². The SMILES string of the molecule is CCOc1ccc(C2CN(C)C(=O)O2)cc1. The fraction of sp³-hybridized carbons (Fsp3) is 0.417. The van der Waals surface area contributed by atoms with Crippen LogP contribution in [0.4, 0.5) is 4.79 Å². The maximum atomic E-state index is 11.2. The average molecular weight is 221 g/mol. The summed E-state index contributed by atoms with van der Waals surface area (Å²) in [6.07, 6.45) is -0.424. The monoisotopic (exact) mass is 221 g/mol. The third-order valence-corrected chi connectivity index (χ3v) is 2.56. The van der Waals surface area contributed by atoms with Gasteiger partial charge < -0.3 is 14.4 Å². The highest BCUT2D eigenvalue weighted by Gasteiger charge is 2.29. The Morgan fingerprint density at radius 1 is 1.44 bits per heavy atom. The minimum atomic E-state index is -0.265. The quantitative estimate of drug-likeness (QED) is 0.785. The molecule has 1 fully saturated rings. The van der Waals surface area contributed by atoms with Crippen molar-refractivity contribution in [2.75, 3.05) is 20.2 Å². The molecule has 1 amide bonds. The molecule has 1 aromatic rings. The molecule has 1 atom stereocenters. The minimum Gasteiger partial charge on any atom is -0.494 e. The molecule has 16 heavy (non-hydrogen) atoms. The van der Waals surface area contributed by atoms with Gasteiger partial charge in [-0.1, -0.05) is 12.1 Å².